The minimum Gasteiger partial charge on any atom is -0.311 e. The van der Waals surface area contributed by atoms with Crippen LogP contribution in [0, 0.1) is 5.92 Å². The first-order valence-corrected chi connectivity index (χ1v) is 6.10. The number of hydrogen-bond donors (Lipinski definition) is 1. The average molecular weight is 181 g/mol. The van der Waals surface area contributed by atoms with E-state index >= 15 is 0 Å². The van der Waals surface area contributed by atoms with E-state index in [1.807, 2.05) is 0 Å². The van der Waals surface area contributed by atoms with Crippen molar-refractivity contribution in [2.24, 2.45) is 5.92 Å². The first-order valence-electron chi connectivity index (χ1n) is 6.10. The molecule has 0 bridgehead atoms. The SMILES string of the molecule is CCC1(CC2CC2)CCCCCN1. The zero-order chi connectivity index (χ0) is 9.15. The van der Waals surface area contributed by atoms with Crippen LogP contribution in [0.1, 0.15) is 58.3 Å². The third-order valence-electron chi connectivity index (χ3n) is 3.89. The molecule has 0 aromatic carbocycles. The Kier molecular flexibility index (Phi) is 2.92. The van der Waals surface area contributed by atoms with Gasteiger partial charge in [0.25, 0.3) is 0 Å². The van der Waals surface area contributed by atoms with E-state index < -0.39 is 0 Å². The number of hydrogen-bond acceptors (Lipinski definition) is 1. The van der Waals surface area contributed by atoms with Gasteiger partial charge < -0.3 is 5.32 Å². The molecule has 1 unspecified atom stereocenters. The van der Waals surface area contributed by atoms with Gasteiger partial charge in [-0.2, -0.15) is 0 Å². The average Bonchev–Trinajstić information content (AvgIpc) is 2.94. The highest BCUT2D eigenvalue weighted by atomic mass is 15.0. The molecule has 0 aromatic rings. The van der Waals surface area contributed by atoms with Gasteiger partial charge >= 0.3 is 0 Å². The Labute approximate surface area is 82.3 Å². The van der Waals surface area contributed by atoms with Crippen LogP contribution in [-0.2, 0) is 0 Å². The summed E-state index contributed by atoms with van der Waals surface area (Å²) in [4.78, 5) is 0. The third kappa shape index (κ3) is 2.46. The highest BCUT2D eigenvalue weighted by molar-refractivity contribution is 4.93. The molecule has 1 N–H and O–H groups in total. The molecule has 1 nitrogen and oxygen atoms in total. The van der Waals surface area contributed by atoms with Crippen molar-refractivity contribution in [3.05, 3.63) is 0 Å². The standard InChI is InChI=1S/C12H23N/c1-2-12(10-11-6-7-11)8-4-3-5-9-13-12/h11,13H,2-10H2,1H3. The predicted octanol–water partition coefficient (Wildman–Crippen LogP) is 3.10. The van der Waals surface area contributed by atoms with Gasteiger partial charge in [0.1, 0.15) is 0 Å². The van der Waals surface area contributed by atoms with E-state index in [9.17, 15) is 0 Å². The summed E-state index contributed by atoms with van der Waals surface area (Å²) in [6.45, 7) is 3.63. The second-order valence-electron chi connectivity index (χ2n) is 5.02. The van der Waals surface area contributed by atoms with Gasteiger partial charge in [-0.05, 0) is 38.1 Å². The van der Waals surface area contributed by atoms with Crippen molar-refractivity contribution in [1.29, 1.82) is 0 Å². The summed E-state index contributed by atoms with van der Waals surface area (Å²) in [5, 5.41) is 3.82. The summed E-state index contributed by atoms with van der Waals surface area (Å²) < 4.78 is 0. The summed E-state index contributed by atoms with van der Waals surface area (Å²) in [6.07, 6.45) is 11.5. The van der Waals surface area contributed by atoms with E-state index in [4.69, 9.17) is 0 Å². The smallest absolute Gasteiger partial charge is 0.0181 e. The van der Waals surface area contributed by atoms with Gasteiger partial charge in [0, 0.05) is 5.54 Å². The molecule has 76 valence electrons. The molecule has 13 heavy (non-hydrogen) atoms. The normalized spacial score (nSPS) is 35.8. The van der Waals surface area contributed by atoms with E-state index in [2.05, 4.69) is 12.2 Å². The Morgan fingerprint density at radius 1 is 1.23 bits per heavy atom. The van der Waals surface area contributed by atoms with Crippen molar-refractivity contribution in [1.82, 2.24) is 5.32 Å². The van der Waals surface area contributed by atoms with Crippen LogP contribution in [0.5, 0.6) is 0 Å². The van der Waals surface area contributed by atoms with Gasteiger partial charge in [-0.25, -0.2) is 0 Å². The van der Waals surface area contributed by atoms with Crippen molar-refractivity contribution < 1.29 is 0 Å². The zero-order valence-corrected chi connectivity index (χ0v) is 8.94. The molecule has 1 saturated heterocycles. The van der Waals surface area contributed by atoms with Crippen LogP contribution >= 0.6 is 0 Å². The van der Waals surface area contributed by atoms with Crippen molar-refractivity contribution in [3.8, 4) is 0 Å². The fraction of sp³-hybridized carbons (Fsp3) is 1.00. The van der Waals surface area contributed by atoms with E-state index in [-0.39, 0.29) is 0 Å². The molecular weight excluding hydrogens is 158 g/mol. The molecule has 1 saturated carbocycles. The predicted molar refractivity (Wildman–Crippen MR) is 56.8 cm³/mol. The summed E-state index contributed by atoms with van der Waals surface area (Å²) in [5.41, 5.74) is 0.539. The van der Waals surface area contributed by atoms with Crippen molar-refractivity contribution in [2.45, 2.75) is 63.8 Å². The maximum atomic E-state index is 3.82. The topological polar surface area (TPSA) is 12.0 Å². The van der Waals surface area contributed by atoms with Crippen LogP contribution in [0.4, 0.5) is 0 Å². The minimum absolute atomic E-state index is 0.539. The summed E-state index contributed by atoms with van der Waals surface area (Å²) in [7, 11) is 0. The first-order chi connectivity index (χ1) is 6.35. The lowest BCUT2D eigenvalue weighted by Gasteiger charge is -2.33. The lowest BCUT2D eigenvalue weighted by molar-refractivity contribution is 0.269. The molecule has 1 atom stereocenters. The van der Waals surface area contributed by atoms with Crippen LogP contribution in [-0.4, -0.2) is 12.1 Å². The molecule has 1 aliphatic heterocycles. The molecule has 0 radical (unpaired) electrons. The monoisotopic (exact) mass is 181 g/mol. The molecule has 0 aromatic heterocycles. The van der Waals surface area contributed by atoms with Gasteiger partial charge in [0.2, 0.25) is 0 Å². The number of nitrogens with one attached hydrogen (secondary N) is 1. The van der Waals surface area contributed by atoms with Crippen LogP contribution in [0.3, 0.4) is 0 Å². The summed E-state index contributed by atoms with van der Waals surface area (Å²) in [6, 6.07) is 0. The Hall–Kier alpha value is -0.0400. The second kappa shape index (κ2) is 4.00. The highest BCUT2D eigenvalue weighted by Crippen LogP contribution is 2.40. The third-order valence-corrected chi connectivity index (χ3v) is 3.89. The molecule has 1 heteroatoms. The lowest BCUT2D eigenvalue weighted by Crippen LogP contribution is -2.44. The molecule has 2 fully saturated rings. The fourth-order valence-electron chi connectivity index (χ4n) is 2.70. The minimum atomic E-state index is 0.539. The fourth-order valence-corrected chi connectivity index (χ4v) is 2.70. The molecule has 0 spiro atoms. The Bertz CT molecular complexity index is 153. The quantitative estimate of drug-likeness (QED) is 0.705. The van der Waals surface area contributed by atoms with Gasteiger partial charge in [0.15, 0.2) is 0 Å². The van der Waals surface area contributed by atoms with Gasteiger partial charge in [-0.15, -0.1) is 0 Å². The lowest BCUT2D eigenvalue weighted by atomic mass is 9.85. The Balaban J connectivity index is 1.92. The van der Waals surface area contributed by atoms with E-state index in [0.29, 0.717) is 5.54 Å². The summed E-state index contributed by atoms with van der Waals surface area (Å²) >= 11 is 0. The van der Waals surface area contributed by atoms with Crippen LogP contribution < -0.4 is 5.32 Å². The largest absolute Gasteiger partial charge is 0.311 e. The molecule has 2 rings (SSSR count). The van der Waals surface area contributed by atoms with Crippen LogP contribution in [0.2, 0.25) is 0 Å². The van der Waals surface area contributed by atoms with Gasteiger partial charge in [-0.3, -0.25) is 0 Å². The molecular formula is C12H23N. The molecule has 2 aliphatic rings. The van der Waals surface area contributed by atoms with Gasteiger partial charge in [0.05, 0.1) is 0 Å². The number of rotatable bonds is 3. The second-order valence-corrected chi connectivity index (χ2v) is 5.02. The summed E-state index contributed by atoms with van der Waals surface area (Å²) in [5.74, 6) is 1.07. The van der Waals surface area contributed by atoms with Crippen LogP contribution in [0.25, 0.3) is 0 Å². The Morgan fingerprint density at radius 2 is 2.08 bits per heavy atom. The maximum Gasteiger partial charge on any atom is 0.0181 e. The highest BCUT2D eigenvalue weighted by Gasteiger charge is 2.35. The molecule has 0 amide bonds. The first kappa shape index (κ1) is 9.51. The Morgan fingerprint density at radius 3 is 2.77 bits per heavy atom. The van der Waals surface area contributed by atoms with E-state index in [0.717, 1.165) is 5.92 Å². The van der Waals surface area contributed by atoms with E-state index in [1.54, 1.807) is 0 Å². The van der Waals surface area contributed by atoms with Crippen molar-refractivity contribution in [2.75, 3.05) is 6.54 Å². The zero-order valence-electron chi connectivity index (χ0n) is 8.94. The van der Waals surface area contributed by atoms with Crippen LogP contribution in [0.15, 0.2) is 0 Å². The maximum absolute atomic E-state index is 3.82. The van der Waals surface area contributed by atoms with Gasteiger partial charge in [-0.1, -0.05) is 32.6 Å². The van der Waals surface area contributed by atoms with E-state index in [1.165, 1.54) is 57.9 Å². The van der Waals surface area contributed by atoms with Crippen molar-refractivity contribution >= 4 is 0 Å². The van der Waals surface area contributed by atoms with Crippen molar-refractivity contribution in [3.63, 3.8) is 0 Å². The molecule has 1 heterocycles. The molecule has 1 aliphatic carbocycles.